The summed E-state index contributed by atoms with van der Waals surface area (Å²) >= 11 is 0. The molecule has 5 nitrogen and oxygen atoms in total. The van der Waals surface area contributed by atoms with Gasteiger partial charge in [-0.1, -0.05) is 12.2 Å². The zero-order valence-corrected chi connectivity index (χ0v) is 13.4. The van der Waals surface area contributed by atoms with E-state index in [2.05, 4.69) is 0 Å². The van der Waals surface area contributed by atoms with E-state index >= 15 is 0 Å². The molecule has 1 unspecified atom stereocenters. The third-order valence-electron chi connectivity index (χ3n) is 3.18. The number of hydrogen-bond donors (Lipinski definition) is 0. The van der Waals surface area contributed by atoms with Crippen molar-refractivity contribution >= 4 is 13.6 Å². The zero-order chi connectivity index (χ0) is 15.0. The van der Waals surface area contributed by atoms with E-state index in [1.807, 2.05) is 12.2 Å². The molecule has 0 heterocycles. The highest BCUT2D eigenvalue weighted by Crippen LogP contribution is 2.57. The van der Waals surface area contributed by atoms with Gasteiger partial charge < -0.3 is 13.8 Å². The fourth-order valence-electron chi connectivity index (χ4n) is 2.43. The Labute approximate surface area is 121 Å². The summed E-state index contributed by atoms with van der Waals surface area (Å²) in [5, 5.41) is 0. The average molecular weight is 304 g/mol. The highest BCUT2D eigenvalue weighted by molar-refractivity contribution is 7.55. The molecule has 0 aromatic heterocycles. The molecule has 0 amide bonds. The van der Waals surface area contributed by atoms with Crippen molar-refractivity contribution in [1.82, 2.24) is 0 Å². The summed E-state index contributed by atoms with van der Waals surface area (Å²) in [6.07, 6.45) is 6.71. The summed E-state index contributed by atoms with van der Waals surface area (Å²) < 4.78 is 28.7. The first-order valence-corrected chi connectivity index (χ1v) is 8.92. The highest BCUT2D eigenvalue weighted by atomic mass is 31.2. The van der Waals surface area contributed by atoms with Crippen LogP contribution in [0.4, 0.5) is 0 Å². The van der Waals surface area contributed by atoms with Crippen LogP contribution in [-0.4, -0.2) is 31.4 Å². The van der Waals surface area contributed by atoms with Gasteiger partial charge in [0.2, 0.25) is 0 Å². The van der Waals surface area contributed by atoms with E-state index in [4.69, 9.17) is 13.8 Å². The second-order valence-corrected chi connectivity index (χ2v) is 6.75. The molecule has 0 N–H and O–H groups in total. The average Bonchev–Trinajstić information content (AvgIpc) is 2.40. The minimum absolute atomic E-state index is 0.147. The van der Waals surface area contributed by atoms with Gasteiger partial charge in [0.1, 0.15) is 0 Å². The van der Waals surface area contributed by atoms with Crippen LogP contribution in [0.1, 0.15) is 40.0 Å². The molecule has 0 aliphatic heterocycles. The lowest BCUT2D eigenvalue weighted by molar-refractivity contribution is -0.144. The molecule has 0 aromatic rings. The number of carbonyl (C=O) groups excluding carboxylic acids is 1. The van der Waals surface area contributed by atoms with Crippen molar-refractivity contribution in [3.63, 3.8) is 0 Å². The van der Waals surface area contributed by atoms with Crippen LogP contribution >= 0.6 is 7.60 Å². The molecule has 0 radical (unpaired) electrons. The summed E-state index contributed by atoms with van der Waals surface area (Å²) in [5.41, 5.74) is -0.862. The number of esters is 1. The van der Waals surface area contributed by atoms with Crippen LogP contribution < -0.4 is 0 Å². The predicted molar refractivity (Wildman–Crippen MR) is 77.8 cm³/mol. The second-order valence-electron chi connectivity index (χ2n) is 4.60. The molecule has 6 heteroatoms. The van der Waals surface area contributed by atoms with Crippen LogP contribution in [0.25, 0.3) is 0 Å². The molecular weight excluding hydrogens is 279 g/mol. The molecule has 116 valence electrons. The van der Waals surface area contributed by atoms with Crippen molar-refractivity contribution in [3.05, 3.63) is 12.2 Å². The van der Waals surface area contributed by atoms with Gasteiger partial charge in [-0.3, -0.25) is 9.36 Å². The van der Waals surface area contributed by atoms with E-state index in [0.29, 0.717) is 0 Å². The monoisotopic (exact) mass is 304 g/mol. The van der Waals surface area contributed by atoms with Crippen LogP contribution in [-0.2, 0) is 23.1 Å². The van der Waals surface area contributed by atoms with Crippen molar-refractivity contribution in [2.24, 2.45) is 5.92 Å². The first-order valence-electron chi connectivity index (χ1n) is 7.31. The van der Waals surface area contributed by atoms with Gasteiger partial charge in [0.15, 0.2) is 5.66 Å². The van der Waals surface area contributed by atoms with E-state index in [1.165, 1.54) is 0 Å². The molecule has 0 aromatic carbocycles. The van der Waals surface area contributed by atoms with Crippen LogP contribution in [0.5, 0.6) is 0 Å². The normalized spacial score (nSPS) is 20.6. The highest BCUT2D eigenvalue weighted by Gasteiger charge is 2.46. The Hall–Kier alpha value is -0.640. The Morgan fingerprint density at radius 1 is 1.25 bits per heavy atom. The van der Waals surface area contributed by atoms with Crippen LogP contribution in [0, 0.1) is 5.92 Å². The number of carbonyl (C=O) groups is 1. The van der Waals surface area contributed by atoms with E-state index < -0.39 is 19.2 Å². The molecule has 2 atom stereocenters. The molecule has 0 saturated heterocycles. The molecule has 0 bridgehead atoms. The van der Waals surface area contributed by atoms with E-state index in [1.54, 1.807) is 20.8 Å². The first-order chi connectivity index (χ1) is 9.59. The van der Waals surface area contributed by atoms with Gasteiger partial charge in [0, 0.05) is 5.92 Å². The molecule has 0 spiro atoms. The Bertz CT molecular complexity index is 370. The van der Waals surface area contributed by atoms with Crippen molar-refractivity contribution in [2.45, 2.75) is 45.7 Å². The Kier molecular flexibility index (Phi) is 7.49. The third kappa shape index (κ3) is 4.44. The van der Waals surface area contributed by atoms with E-state index in [9.17, 15) is 9.36 Å². The summed E-state index contributed by atoms with van der Waals surface area (Å²) in [7, 11) is -3.51. The lowest BCUT2D eigenvalue weighted by Gasteiger charge is -2.30. The van der Waals surface area contributed by atoms with Gasteiger partial charge in [-0.25, -0.2) is 0 Å². The minimum atomic E-state index is -3.51. The van der Waals surface area contributed by atoms with Crippen molar-refractivity contribution in [1.29, 1.82) is 0 Å². The van der Waals surface area contributed by atoms with Gasteiger partial charge in [-0.2, -0.15) is 0 Å². The standard InChI is InChI=1S/C14H25O5P/c1-4-17-14(15)13(12-10-8-7-9-11-12)20(16,18-5-2)19-6-3/h8,10,12-13H,4-7,9,11H2,1-3H3/t12-,13?/m0/s1. The van der Waals surface area contributed by atoms with Gasteiger partial charge in [-0.15, -0.1) is 0 Å². The number of rotatable bonds is 8. The Morgan fingerprint density at radius 2 is 1.90 bits per heavy atom. The molecule has 1 rings (SSSR count). The number of allylic oxidation sites excluding steroid dienone is 2. The van der Waals surface area contributed by atoms with Gasteiger partial charge in [0.25, 0.3) is 0 Å². The summed E-state index contributed by atoms with van der Waals surface area (Å²) in [6.45, 7) is 5.95. The molecule has 0 saturated carbocycles. The molecule has 1 aliphatic carbocycles. The van der Waals surface area contributed by atoms with Crippen LogP contribution in [0.3, 0.4) is 0 Å². The number of hydrogen-bond acceptors (Lipinski definition) is 5. The van der Waals surface area contributed by atoms with Crippen molar-refractivity contribution in [3.8, 4) is 0 Å². The number of ether oxygens (including phenoxy) is 1. The first kappa shape index (κ1) is 17.4. The fourth-order valence-corrected chi connectivity index (χ4v) is 4.59. The van der Waals surface area contributed by atoms with Gasteiger partial charge in [0.05, 0.1) is 19.8 Å². The maximum absolute atomic E-state index is 12.9. The molecule has 1 aliphatic rings. The summed E-state index contributed by atoms with van der Waals surface area (Å²) in [6, 6.07) is 0. The van der Waals surface area contributed by atoms with Crippen LogP contribution in [0.15, 0.2) is 12.2 Å². The topological polar surface area (TPSA) is 61.8 Å². The Balaban J connectivity index is 3.05. The third-order valence-corrected chi connectivity index (χ3v) is 5.70. The zero-order valence-electron chi connectivity index (χ0n) is 12.5. The lowest BCUT2D eigenvalue weighted by Crippen LogP contribution is -2.33. The van der Waals surface area contributed by atoms with E-state index in [0.717, 1.165) is 19.3 Å². The predicted octanol–water partition coefficient (Wildman–Crippen LogP) is 3.54. The second kappa shape index (κ2) is 8.60. The smallest absolute Gasteiger partial charge is 0.345 e. The van der Waals surface area contributed by atoms with Gasteiger partial charge >= 0.3 is 13.6 Å². The molecule has 0 fully saturated rings. The molecular formula is C14H25O5P. The van der Waals surface area contributed by atoms with Gasteiger partial charge in [-0.05, 0) is 40.0 Å². The largest absolute Gasteiger partial charge is 0.465 e. The van der Waals surface area contributed by atoms with E-state index in [-0.39, 0.29) is 25.7 Å². The quantitative estimate of drug-likeness (QED) is 0.390. The lowest BCUT2D eigenvalue weighted by atomic mass is 9.93. The Morgan fingerprint density at radius 3 is 2.35 bits per heavy atom. The summed E-state index contributed by atoms with van der Waals surface area (Å²) in [5.74, 6) is -0.638. The SMILES string of the molecule is CCOC(=O)C([C@H]1C=CCCC1)P(=O)(OCC)OCC. The maximum Gasteiger partial charge on any atom is 0.345 e. The van der Waals surface area contributed by atoms with Crippen LogP contribution in [0.2, 0.25) is 0 Å². The van der Waals surface area contributed by atoms with Crippen molar-refractivity contribution < 1.29 is 23.1 Å². The maximum atomic E-state index is 12.9. The molecule has 20 heavy (non-hydrogen) atoms. The summed E-state index contributed by atoms with van der Waals surface area (Å²) in [4.78, 5) is 12.3. The van der Waals surface area contributed by atoms with Crippen molar-refractivity contribution in [2.75, 3.05) is 19.8 Å². The fraction of sp³-hybridized carbons (Fsp3) is 0.786. The minimum Gasteiger partial charge on any atom is -0.465 e.